The first-order valence-electron chi connectivity index (χ1n) is 9.16. The van der Waals surface area contributed by atoms with Gasteiger partial charge in [0.05, 0.1) is 26.4 Å². The Morgan fingerprint density at radius 3 is 1.28 bits per heavy atom. The molecule has 4 rings (SSSR count). The summed E-state index contributed by atoms with van der Waals surface area (Å²) in [6, 6.07) is 17.4. The van der Waals surface area contributed by atoms with Crippen LogP contribution in [0.4, 0.5) is 26.3 Å². The van der Waals surface area contributed by atoms with Gasteiger partial charge in [0.15, 0.2) is 0 Å². The van der Waals surface area contributed by atoms with Crippen LogP contribution in [0.3, 0.4) is 0 Å². The van der Waals surface area contributed by atoms with Gasteiger partial charge < -0.3 is 24.4 Å². The lowest BCUT2D eigenvalue weighted by Gasteiger charge is -1.98. The zero-order chi connectivity index (χ0) is 24.0. The topological polar surface area (TPSA) is 74.8 Å². The molecule has 32 heavy (non-hydrogen) atoms. The number of hydrogen-bond acceptors (Lipinski definition) is 5. The smallest absolute Gasteiger partial charge is 0.448 e. The Bertz CT molecular complexity index is 725. The summed E-state index contributed by atoms with van der Waals surface area (Å²) in [7, 11) is 0. The van der Waals surface area contributed by atoms with Crippen LogP contribution in [0.2, 0.25) is 0 Å². The molecule has 0 bridgehead atoms. The standard InChI is InChI=1S/C6H10O3.2C6H6O.C3F6/c1(5-3-8-5)7-2-6-4-9-6;2*7-6-4-2-1-3-5-6;4-1(2(5)6)3(7,8)9/h5-6H,1-4H2;2*1-5,7H;. The monoisotopic (exact) mass is 468 g/mol. The molecule has 2 aromatic rings. The number of halogens is 6. The number of phenolic OH excluding ortho intramolecular Hbond substituents is 2. The highest BCUT2D eigenvalue weighted by Gasteiger charge is 2.38. The SMILES string of the molecule is C(OCC1CO1)C1CO1.FC(F)=C(F)C(F)(F)F.Oc1ccccc1.Oc1ccccc1. The van der Waals surface area contributed by atoms with E-state index in [0.717, 1.165) is 26.4 Å². The fourth-order valence-corrected chi connectivity index (χ4v) is 1.62. The van der Waals surface area contributed by atoms with Crippen LogP contribution in [0.1, 0.15) is 0 Å². The van der Waals surface area contributed by atoms with E-state index >= 15 is 0 Å². The first-order chi connectivity index (χ1) is 15.1. The van der Waals surface area contributed by atoms with Gasteiger partial charge in [-0.3, -0.25) is 0 Å². The summed E-state index contributed by atoms with van der Waals surface area (Å²) in [4.78, 5) is 0. The molecule has 2 aromatic carbocycles. The van der Waals surface area contributed by atoms with Gasteiger partial charge in [-0.15, -0.1) is 0 Å². The number of epoxide rings is 2. The molecule has 5 nitrogen and oxygen atoms in total. The normalized spacial score (nSPS) is 17.8. The van der Waals surface area contributed by atoms with Crippen LogP contribution in [0.25, 0.3) is 0 Å². The van der Waals surface area contributed by atoms with E-state index in [1.165, 1.54) is 0 Å². The number of hydrogen-bond donors (Lipinski definition) is 2. The van der Waals surface area contributed by atoms with Gasteiger partial charge in [0, 0.05) is 0 Å². The Morgan fingerprint density at radius 1 is 0.781 bits per heavy atom. The Labute approximate surface area is 180 Å². The number of ether oxygens (including phenoxy) is 3. The van der Waals surface area contributed by atoms with Gasteiger partial charge in [0.2, 0.25) is 0 Å². The number of aromatic hydroxyl groups is 2. The van der Waals surface area contributed by atoms with E-state index in [0.29, 0.717) is 23.7 Å². The summed E-state index contributed by atoms with van der Waals surface area (Å²) >= 11 is 0. The number of allylic oxidation sites excluding steroid dienone is 1. The van der Waals surface area contributed by atoms with Crippen molar-refractivity contribution in [1.29, 1.82) is 0 Å². The highest BCUT2D eigenvalue weighted by molar-refractivity contribution is 5.19. The van der Waals surface area contributed by atoms with Crippen LogP contribution in [-0.2, 0) is 14.2 Å². The average Bonchev–Trinajstić information content (AvgIpc) is 3.66. The maximum atomic E-state index is 11.0. The molecule has 2 unspecified atom stereocenters. The second-order valence-electron chi connectivity index (χ2n) is 6.19. The van der Waals surface area contributed by atoms with E-state index in [1.807, 2.05) is 12.1 Å². The molecule has 0 saturated carbocycles. The third-order valence-electron chi connectivity index (χ3n) is 3.34. The molecule has 2 heterocycles. The lowest BCUT2D eigenvalue weighted by Crippen LogP contribution is -2.08. The number of rotatable bonds is 4. The maximum Gasteiger partial charge on any atom is 0.448 e. The van der Waals surface area contributed by atoms with Crippen molar-refractivity contribution in [1.82, 2.24) is 0 Å². The van der Waals surface area contributed by atoms with Gasteiger partial charge in [-0.25, -0.2) is 0 Å². The van der Waals surface area contributed by atoms with Gasteiger partial charge in [0.25, 0.3) is 5.83 Å². The molecule has 0 radical (unpaired) electrons. The van der Waals surface area contributed by atoms with Crippen molar-refractivity contribution in [2.24, 2.45) is 0 Å². The van der Waals surface area contributed by atoms with Crippen molar-refractivity contribution >= 4 is 0 Å². The van der Waals surface area contributed by atoms with Crippen LogP contribution < -0.4 is 0 Å². The summed E-state index contributed by atoms with van der Waals surface area (Å²) in [6.07, 6.45) is -8.12. The van der Waals surface area contributed by atoms with Gasteiger partial charge >= 0.3 is 12.3 Å². The Balaban J connectivity index is 0.000000215. The van der Waals surface area contributed by atoms with E-state index in [4.69, 9.17) is 24.4 Å². The maximum absolute atomic E-state index is 11.0. The third kappa shape index (κ3) is 15.1. The van der Waals surface area contributed by atoms with Crippen molar-refractivity contribution in [2.75, 3.05) is 26.4 Å². The van der Waals surface area contributed by atoms with Crippen LogP contribution >= 0.6 is 0 Å². The number of para-hydroxylation sites is 2. The molecule has 2 aliphatic heterocycles. The summed E-state index contributed by atoms with van der Waals surface area (Å²) in [5, 5.41) is 17.3. The Hall–Kier alpha value is -2.76. The lowest BCUT2D eigenvalue weighted by molar-refractivity contribution is -0.113. The molecule has 11 heteroatoms. The summed E-state index contributed by atoms with van der Waals surface area (Å²) in [5.41, 5.74) is 0. The van der Waals surface area contributed by atoms with E-state index in [1.54, 1.807) is 48.5 Å². The molecule has 2 saturated heterocycles. The second-order valence-corrected chi connectivity index (χ2v) is 6.19. The number of alkyl halides is 3. The average molecular weight is 468 g/mol. The van der Waals surface area contributed by atoms with Gasteiger partial charge in [-0.2, -0.15) is 26.3 Å². The second kappa shape index (κ2) is 14.3. The summed E-state index contributed by atoms with van der Waals surface area (Å²) in [5.74, 6) is -2.69. The van der Waals surface area contributed by atoms with Gasteiger partial charge in [-0.05, 0) is 24.3 Å². The minimum absolute atomic E-state index is 0.322. The third-order valence-corrected chi connectivity index (χ3v) is 3.34. The van der Waals surface area contributed by atoms with Crippen molar-refractivity contribution in [3.63, 3.8) is 0 Å². The quantitative estimate of drug-likeness (QED) is 0.476. The van der Waals surface area contributed by atoms with E-state index < -0.39 is 18.1 Å². The van der Waals surface area contributed by atoms with Crippen LogP contribution in [-0.4, -0.2) is 55.0 Å². The molecule has 2 aliphatic rings. The van der Waals surface area contributed by atoms with E-state index in [9.17, 15) is 26.3 Å². The van der Waals surface area contributed by atoms with Crippen LogP contribution in [0, 0.1) is 0 Å². The Morgan fingerprint density at radius 2 is 1.12 bits per heavy atom. The van der Waals surface area contributed by atoms with Crippen molar-refractivity contribution in [3.8, 4) is 11.5 Å². The molecule has 178 valence electrons. The molecule has 2 atom stereocenters. The largest absolute Gasteiger partial charge is 0.508 e. The van der Waals surface area contributed by atoms with Crippen LogP contribution in [0.15, 0.2) is 72.6 Å². The molecule has 0 spiro atoms. The van der Waals surface area contributed by atoms with Crippen molar-refractivity contribution < 1.29 is 50.8 Å². The molecule has 0 aromatic heterocycles. The Kier molecular flexibility index (Phi) is 12.2. The zero-order valence-corrected chi connectivity index (χ0v) is 16.6. The summed E-state index contributed by atoms with van der Waals surface area (Å²) in [6.45, 7) is 3.26. The molecular formula is C21H22F6O5. The first-order valence-corrected chi connectivity index (χ1v) is 9.16. The van der Waals surface area contributed by atoms with Crippen LogP contribution in [0.5, 0.6) is 11.5 Å². The minimum Gasteiger partial charge on any atom is -0.508 e. The first kappa shape index (κ1) is 27.3. The number of phenols is 2. The van der Waals surface area contributed by atoms with Gasteiger partial charge in [-0.1, -0.05) is 36.4 Å². The predicted molar refractivity (Wildman–Crippen MR) is 103 cm³/mol. The zero-order valence-electron chi connectivity index (χ0n) is 16.6. The molecule has 2 N–H and O–H groups in total. The van der Waals surface area contributed by atoms with E-state index in [2.05, 4.69) is 0 Å². The van der Waals surface area contributed by atoms with Crippen molar-refractivity contribution in [2.45, 2.75) is 18.4 Å². The number of benzene rings is 2. The fourth-order valence-electron chi connectivity index (χ4n) is 1.62. The summed E-state index contributed by atoms with van der Waals surface area (Å²) < 4.78 is 79.9. The molecular weight excluding hydrogens is 446 g/mol. The fraction of sp³-hybridized carbons (Fsp3) is 0.333. The predicted octanol–water partition coefficient (Wildman–Crippen LogP) is 5.21. The van der Waals surface area contributed by atoms with Gasteiger partial charge in [0.1, 0.15) is 23.7 Å². The minimum atomic E-state index is -5.56. The van der Waals surface area contributed by atoms with Crippen molar-refractivity contribution in [3.05, 3.63) is 72.6 Å². The molecule has 0 aliphatic carbocycles. The molecule has 2 fully saturated rings. The highest BCUT2D eigenvalue weighted by Crippen LogP contribution is 2.29. The molecule has 0 amide bonds. The highest BCUT2D eigenvalue weighted by atomic mass is 19.4. The lowest BCUT2D eigenvalue weighted by atomic mass is 10.3. The van der Waals surface area contributed by atoms with E-state index in [-0.39, 0.29) is 0 Å².